The van der Waals surface area contributed by atoms with E-state index in [0.29, 0.717) is 29.9 Å². The van der Waals surface area contributed by atoms with Crippen molar-refractivity contribution in [3.8, 4) is 0 Å². The number of hydrogen-bond acceptors (Lipinski definition) is 2. The molecule has 0 spiro atoms. The summed E-state index contributed by atoms with van der Waals surface area (Å²) in [6.07, 6.45) is 1.29. The van der Waals surface area contributed by atoms with E-state index in [1.165, 1.54) is 0 Å². The average Bonchev–Trinajstić information content (AvgIpc) is 3.09. The first-order valence-electron chi connectivity index (χ1n) is 9.17. The molecule has 1 aromatic heterocycles. The van der Waals surface area contributed by atoms with Gasteiger partial charge in [-0.2, -0.15) is 0 Å². The van der Waals surface area contributed by atoms with Gasteiger partial charge in [-0.1, -0.05) is 74.0 Å². The number of hydrogen-bond donors (Lipinski definition) is 1. The lowest BCUT2D eigenvalue weighted by atomic mass is 10.00. The van der Waals surface area contributed by atoms with Gasteiger partial charge in [-0.3, -0.25) is 9.59 Å². The number of aromatic nitrogens is 1. The van der Waals surface area contributed by atoms with Crippen LogP contribution >= 0.6 is 0 Å². The minimum Gasteiger partial charge on any atom is -0.481 e. The Balaban J connectivity index is 2.08. The predicted molar refractivity (Wildman–Crippen MR) is 105 cm³/mol. The SMILES string of the molecule is CCCC(C(=O)O)c1ccc(C(=O)c2ccccc2)n1Cc1ccccc1. The molecule has 0 aliphatic carbocycles. The lowest BCUT2D eigenvalue weighted by Gasteiger charge is -2.18. The summed E-state index contributed by atoms with van der Waals surface area (Å²) in [5.41, 5.74) is 2.81. The topological polar surface area (TPSA) is 59.3 Å². The van der Waals surface area contributed by atoms with Crippen molar-refractivity contribution in [2.45, 2.75) is 32.2 Å². The Morgan fingerprint density at radius 1 is 0.926 bits per heavy atom. The van der Waals surface area contributed by atoms with Crippen LogP contribution in [-0.2, 0) is 11.3 Å². The number of ketones is 1. The molecular weight excluding hydrogens is 338 g/mol. The highest BCUT2D eigenvalue weighted by Gasteiger charge is 2.26. The van der Waals surface area contributed by atoms with E-state index in [-0.39, 0.29) is 5.78 Å². The molecule has 138 valence electrons. The first kappa shape index (κ1) is 18.6. The maximum Gasteiger partial charge on any atom is 0.312 e. The van der Waals surface area contributed by atoms with Crippen LogP contribution in [0.3, 0.4) is 0 Å². The van der Waals surface area contributed by atoms with Gasteiger partial charge in [0, 0.05) is 17.8 Å². The van der Waals surface area contributed by atoms with Crippen LogP contribution in [0.2, 0.25) is 0 Å². The number of carboxylic acids is 1. The number of nitrogens with zero attached hydrogens (tertiary/aromatic N) is 1. The van der Waals surface area contributed by atoms with Crippen molar-refractivity contribution in [3.05, 3.63) is 95.3 Å². The summed E-state index contributed by atoms with van der Waals surface area (Å²) in [5.74, 6) is -1.59. The van der Waals surface area contributed by atoms with Gasteiger partial charge in [0.1, 0.15) is 0 Å². The molecule has 3 aromatic rings. The second-order valence-corrected chi connectivity index (χ2v) is 6.59. The number of aliphatic carboxylic acids is 1. The van der Waals surface area contributed by atoms with Crippen molar-refractivity contribution in [1.82, 2.24) is 4.57 Å². The van der Waals surface area contributed by atoms with Gasteiger partial charge in [0.15, 0.2) is 0 Å². The Bertz CT molecular complexity index is 913. The van der Waals surface area contributed by atoms with Crippen LogP contribution in [-0.4, -0.2) is 21.4 Å². The highest BCUT2D eigenvalue weighted by atomic mass is 16.4. The lowest BCUT2D eigenvalue weighted by molar-refractivity contribution is -0.139. The molecule has 0 radical (unpaired) electrons. The highest BCUT2D eigenvalue weighted by Crippen LogP contribution is 2.26. The smallest absolute Gasteiger partial charge is 0.312 e. The molecule has 0 saturated carbocycles. The second kappa shape index (κ2) is 8.49. The summed E-state index contributed by atoms with van der Waals surface area (Å²) in [7, 11) is 0. The van der Waals surface area contributed by atoms with Crippen LogP contribution in [0.15, 0.2) is 72.8 Å². The van der Waals surface area contributed by atoms with E-state index in [9.17, 15) is 14.7 Å². The zero-order valence-electron chi connectivity index (χ0n) is 15.3. The summed E-state index contributed by atoms with van der Waals surface area (Å²) in [5, 5.41) is 9.71. The maximum atomic E-state index is 13.1. The summed E-state index contributed by atoms with van der Waals surface area (Å²) in [4.78, 5) is 24.9. The van der Waals surface area contributed by atoms with Gasteiger partial charge in [-0.15, -0.1) is 0 Å². The van der Waals surface area contributed by atoms with Crippen molar-refractivity contribution >= 4 is 11.8 Å². The highest BCUT2D eigenvalue weighted by molar-refractivity contribution is 6.08. The Labute approximate surface area is 159 Å². The molecule has 1 heterocycles. The minimum atomic E-state index is -0.858. The Hall–Kier alpha value is -3.14. The molecule has 1 unspecified atom stereocenters. The van der Waals surface area contributed by atoms with E-state index in [2.05, 4.69) is 0 Å². The Kier molecular flexibility index (Phi) is 5.87. The average molecular weight is 361 g/mol. The molecule has 4 nitrogen and oxygen atoms in total. The molecule has 27 heavy (non-hydrogen) atoms. The monoisotopic (exact) mass is 361 g/mol. The van der Waals surface area contributed by atoms with Gasteiger partial charge in [-0.25, -0.2) is 0 Å². The molecule has 1 atom stereocenters. The molecule has 0 fully saturated rings. The van der Waals surface area contributed by atoms with E-state index >= 15 is 0 Å². The van der Waals surface area contributed by atoms with Gasteiger partial charge < -0.3 is 9.67 Å². The first-order valence-corrected chi connectivity index (χ1v) is 9.17. The first-order chi connectivity index (χ1) is 13.1. The molecule has 0 bridgehead atoms. The van der Waals surface area contributed by atoms with Crippen LogP contribution in [0.4, 0.5) is 0 Å². The van der Waals surface area contributed by atoms with Crippen LogP contribution in [0, 0.1) is 0 Å². The molecule has 2 aromatic carbocycles. The van der Waals surface area contributed by atoms with Crippen molar-refractivity contribution < 1.29 is 14.7 Å². The Morgan fingerprint density at radius 3 is 2.15 bits per heavy atom. The summed E-state index contributed by atoms with van der Waals surface area (Å²) < 4.78 is 1.86. The number of carbonyl (C=O) groups excluding carboxylic acids is 1. The molecule has 4 heteroatoms. The van der Waals surface area contributed by atoms with E-state index in [1.807, 2.05) is 60.0 Å². The number of benzene rings is 2. The van der Waals surface area contributed by atoms with Crippen LogP contribution in [0.1, 0.15) is 53.0 Å². The summed E-state index contributed by atoms with van der Waals surface area (Å²) in [6.45, 7) is 2.43. The number of carbonyl (C=O) groups is 2. The molecule has 0 amide bonds. The van der Waals surface area contributed by atoms with Crippen molar-refractivity contribution in [3.63, 3.8) is 0 Å². The van der Waals surface area contributed by atoms with Crippen molar-refractivity contribution in [2.24, 2.45) is 0 Å². The number of rotatable bonds is 8. The quantitative estimate of drug-likeness (QED) is 0.590. The van der Waals surface area contributed by atoms with Crippen molar-refractivity contribution in [2.75, 3.05) is 0 Å². The Morgan fingerprint density at radius 2 is 1.56 bits per heavy atom. The van der Waals surface area contributed by atoms with E-state index < -0.39 is 11.9 Å². The van der Waals surface area contributed by atoms with Crippen LogP contribution in [0.5, 0.6) is 0 Å². The van der Waals surface area contributed by atoms with Gasteiger partial charge in [-0.05, 0) is 24.1 Å². The van der Waals surface area contributed by atoms with E-state index in [4.69, 9.17) is 0 Å². The largest absolute Gasteiger partial charge is 0.481 e. The van der Waals surface area contributed by atoms with Crippen LogP contribution < -0.4 is 0 Å². The van der Waals surface area contributed by atoms with Gasteiger partial charge >= 0.3 is 5.97 Å². The maximum absolute atomic E-state index is 13.1. The van der Waals surface area contributed by atoms with Crippen LogP contribution in [0.25, 0.3) is 0 Å². The fraction of sp³-hybridized carbons (Fsp3) is 0.217. The fourth-order valence-electron chi connectivity index (χ4n) is 3.35. The molecular formula is C23H23NO3. The normalized spacial score (nSPS) is 11.9. The van der Waals surface area contributed by atoms with Crippen molar-refractivity contribution in [1.29, 1.82) is 0 Å². The molecule has 0 aliphatic heterocycles. The molecule has 1 N–H and O–H groups in total. The fourth-order valence-corrected chi connectivity index (χ4v) is 3.35. The van der Waals surface area contributed by atoms with Gasteiger partial charge in [0.25, 0.3) is 0 Å². The third-order valence-corrected chi connectivity index (χ3v) is 4.70. The summed E-state index contributed by atoms with van der Waals surface area (Å²) >= 11 is 0. The zero-order chi connectivity index (χ0) is 19.2. The van der Waals surface area contributed by atoms with E-state index in [1.54, 1.807) is 24.3 Å². The third kappa shape index (κ3) is 4.17. The number of carboxylic acid groups (broad SMARTS) is 1. The molecule has 0 saturated heterocycles. The molecule has 0 aliphatic rings. The van der Waals surface area contributed by atoms with E-state index in [0.717, 1.165) is 12.0 Å². The lowest BCUT2D eigenvalue weighted by Crippen LogP contribution is -2.19. The predicted octanol–water partition coefficient (Wildman–Crippen LogP) is 4.74. The summed E-state index contributed by atoms with van der Waals surface area (Å²) in [6, 6.07) is 22.4. The standard InChI is InChI=1S/C23H23NO3/c1-2-9-19(23(26)27)20-14-15-21(22(25)18-12-7-4-8-13-18)24(20)16-17-10-5-3-6-11-17/h3-8,10-15,19H,2,9,16H2,1H3,(H,26,27). The third-order valence-electron chi connectivity index (χ3n) is 4.70. The second-order valence-electron chi connectivity index (χ2n) is 6.59. The van der Waals surface area contributed by atoms with Gasteiger partial charge in [0.2, 0.25) is 5.78 Å². The minimum absolute atomic E-state index is 0.0987. The zero-order valence-corrected chi connectivity index (χ0v) is 15.3. The molecule has 3 rings (SSSR count). The van der Waals surface area contributed by atoms with Gasteiger partial charge in [0.05, 0.1) is 11.6 Å².